The highest BCUT2D eigenvalue weighted by Crippen LogP contribution is 2.35. The fraction of sp³-hybridized carbons (Fsp3) is 0.250. The minimum atomic E-state index is -0.0796. The SMILES string of the molecule is COc1cccc(C(=O)/C=C2\NCCc3cc(OC)c(OC)cc32)c1. The number of carbonyl (C=O) groups excluding carboxylic acids is 1. The highest BCUT2D eigenvalue weighted by Gasteiger charge is 2.19. The largest absolute Gasteiger partial charge is 0.497 e. The van der Waals surface area contributed by atoms with Crippen LogP contribution in [0.2, 0.25) is 0 Å². The van der Waals surface area contributed by atoms with Gasteiger partial charge in [0.25, 0.3) is 0 Å². The predicted octanol–water partition coefficient (Wildman–Crippen LogP) is 3.08. The molecule has 5 heteroatoms. The van der Waals surface area contributed by atoms with Gasteiger partial charge in [-0.05, 0) is 36.2 Å². The molecule has 0 aromatic heterocycles. The molecule has 0 atom stereocenters. The molecule has 0 unspecified atom stereocenters. The van der Waals surface area contributed by atoms with Gasteiger partial charge in [0.05, 0.1) is 21.3 Å². The van der Waals surface area contributed by atoms with Gasteiger partial charge in [-0.15, -0.1) is 0 Å². The van der Waals surface area contributed by atoms with Crippen LogP contribution in [0.15, 0.2) is 42.5 Å². The van der Waals surface area contributed by atoms with Crippen LogP contribution >= 0.6 is 0 Å². The third-order valence-corrected chi connectivity index (χ3v) is 4.24. The first-order chi connectivity index (χ1) is 12.2. The molecular formula is C20H21NO4. The molecule has 0 fully saturated rings. The van der Waals surface area contributed by atoms with Gasteiger partial charge in [-0.2, -0.15) is 0 Å². The van der Waals surface area contributed by atoms with Crippen LogP contribution in [0, 0.1) is 0 Å². The molecule has 130 valence electrons. The summed E-state index contributed by atoms with van der Waals surface area (Å²) in [6, 6.07) is 11.0. The van der Waals surface area contributed by atoms with E-state index in [-0.39, 0.29) is 5.78 Å². The Morgan fingerprint density at radius 1 is 1.04 bits per heavy atom. The molecule has 1 N–H and O–H groups in total. The Labute approximate surface area is 147 Å². The van der Waals surface area contributed by atoms with Crippen molar-refractivity contribution in [1.29, 1.82) is 0 Å². The number of carbonyl (C=O) groups is 1. The first-order valence-electron chi connectivity index (χ1n) is 8.05. The predicted molar refractivity (Wildman–Crippen MR) is 96.6 cm³/mol. The van der Waals surface area contributed by atoms with Crippen LogP contribution in [0.3, 0.4) is 0 Å². The van der Waals surface area contributed by atoms with Crippen LogP contribution in [0.5, 0.6) is 17.2 Å². The van der Waals surface area contributed by atoms with Crippen molar-refractivity contribution < 1.29 is 19.0 Å². The van der Waals surface area contributed by atoms with E-state index in [0.717, 1.165) is 29.8 Å². The summed E-state index contributed by atoms with van der Waals surface area (Å²) in [5.41, 5.74) is 3.46. The molecule has 1 aliphatic heterocycles. The van der Waals surface area contributed by atoms with E-state index in [2.05, 4.69) is 5.32 Å². The van der Waals surface area contributed by atoms with Gasteiger partial charge in [0.1, 0.15) is 5.75 Å². The summed E-state index contributed by atoms with van der Waals surface area (Å²) in [6.45, 7) is 0.764. The minimum absolute atomic E-state index is 0.0796. The zero-order valence-corrected chi connectivity index (χ0v) is 14.6. The van der Waals surface area contributed by atoms with Gasteiger partial charge < -0.3 is 19.5 Å². The molecule has 0 amide bonds. The van der Waals surface area contributed by atoms with Gasteiger partial charge in [-0.25, -0.2) is 0 Å². The Hall–Kier alpha value is -2.95. The van der Waals surface area contributed by atoms with Gasteiger partial charge in [0.2, 0.25) is 0 Å². The highest BCUT2D eigenvalue weighted by atomic mass is 16.5. The Morgan fingerprint density at radius 3 is 2.52 bits per heavy atom. The molecule has 2 aromatic carbocycles. The monoisotopic (exact) mass is 339 g/mol. The molecular weight excluding hydrogens is 318 g/mol. The first-order valence-corrected chi connectivity index (χ1v) is 8.05. The number of allylic oxidation sites excluding steroid dienone is 1. The second-order valence-corrected chi connectivity index (χ2v) is 5.70. The van der Waals surface area contributed by atoms with Gasteiger partial charge in [-0.1, -0.05) is 12.1 Å². The highest BCUT2D eigenvalue weighted by molar-refractivity contribution is 6.08. The van der Waals surface area contributed by atoms with E-state index >= 15 is 0 Å². The summed E-state index contributed by atoms with van der Waals surface area (Å²) in [5.74, 6) is 1.92. The maximum absolute atomic E-state index is 12.6. The summed E-state index contributed by atoms with van der Waals surface area (Å²) < 4.78 is 15.9. The number of nitrogens with one attached hydrogen (secondary N) is 1. The third kappa shape index (κ3) is 3.45. The van der Waals surface area contributed by atoms with Gasteiger partial charge in [0.15, 0.2) is 17.3 Å². The molecule has 1 aliphatic rings. The second kappa shape index (κ2) is 7.30. The Morgan fingerprint density at radius 2 is 1.80 bits per heavy atom. The zero-order chi connectivity index (χ0) is 17.8. The number of benzene rings is 2. The van der Waals surface area contributed by atoms with Crippen molar-refractivity contribution in [2.45, 2.75) is 6.42 Å². The van der Waals surface area contributed by atoms with Crippen molar-refractivity contribution in [2.75, 3.05) is 27.9 Å². The molecule has 0 saturated carbocycles. The molecule has 5 nitrogen and oxygen atoms in total. The normalized spacial score (nSPS) is 14.4. The summed E-state index contributed by atoms with van der Waals surface area (Å²) in [7, 11) is 4.81. The lowest BCUT2D eigenvalue weighted by Gasteiger charge is -2.23. The van der Waals surface area contributed by atoms with E-state index in [9.17, 15) is 4.79 Å². The topological polar surface area (TPSA) is 56.8 Å². The van der Waals surface area contributed by atoms with E-state index < -0.39 is 0 Å². The van der Waals surface area contributed by atoms with E-state index in [4.69, 9.17) is 14.2 Å². The molecule has 0 radical (unpaired) electrons. The van der Waals surface area contributed by atoms with Crippen LogP contribution < -0.4 is 19.5 Å². The third-order valence-electron chi connectivity index (χ3n) is 4.24. The van der Waals surface area contributed by atoms with Crippen molar-refractivity contribution in [1.82, 2.24) is 5.32 Å². The number of hydrogen-bond donors (Lipinski definition) is 1. The number of hydrogen-bond acceptors (Lipinski definition) is 5. The molecule has 0 aliphatic carbocycles. The summed E-state index contributed by atoms with van der Waals surface area (Å²) in [4.78, 5) is 12.6. The summed E-state index contributed by atoms with van der Waals surface area (Å²) in [6.07, 6.45) is 2.49. The lowest BCUT2D eigenvalue weighted by molar-refractivity contribution is 0.104. The molecule has 0 saturated heterocycles. The molecule has 0 spiro atoms. The average molecular weight is 339 g/mol. The number of fused-ring (bicyclic) bond motifs is 1. The number of ether oxygens (including phenoxy) is 3. The number of rotatable bonds is 5. The molecule has 2 aromatic rings. The van der Waals surface area contributed by atoms with Crippen LogP contribution in [-0.4, -0.2) is 33.7 Å². The fourth-order valence-electron chi connectivity index (χ4n) is 2.93. The molecule has 1 heterocycles. The first kappa shape index (κ1) is 16.9. The fourth-order valence-corrected chi connectivity index (χ4v) is 2.93. The summed E-state index contributed by atoms with van der Waals surface area (Å²) in [5, 5.41) is 3.31. The van der Waals surface area contributed by atoms with E-state index in [1.54, 1.807) is 45.6 Å². The van der Waals surface area contributed by atoms with Gasteiger partial charge in [-0.3, -0.25) is 4.79 Å². The smallest absolute Gasteiger partial charge is 0.188 e. The van der Waals surface area contributed by atoms with Crippen molar-refractivity contribution >= 4 is 11.5 Å². The van der Waals surface area contributed by atoms with Crippen LogP contribution in [0.25, 0.3) is 5.70 Å². The lowest BCUT2D eigenvalue weighted by Crippen LogP contribution is -2.23. The standard InChI is InChI=1S/C20H21NO4/c1-23-15-6-4-5-14(9-15)18(22)12-17-16-11-20(25-3)19(24-2)10-13(16)7-8-21-17/h4-6,9-12,21H,7-8H2,1-3H3/b17-12-. The molecule has 3 rings (SSSR count). The van der Waals surface area contributed by atoms with Crippen LogP contribution in [-0.2, 0) is 6.42 Å². The van der Waals surface area contributed by atoms with Crippen molar-refractivity contribution in [3.05, 3.63) is 59.2 Å². The Kier molecular flexibility index (Phi) is 4.93. The van der Waals surface area contributed by atoms with E-state index in [0.29, 0.717) is 22.8 Å². The van der Waals surface area contributed by atoms with E-state index in [1.807, 2.05) is 18.2 Å². The second-order valence-electron chi connectivity index (χ2n) is 5.70. The van der Waals surface area contributed by atoms with Crippen molar-refractivity contribution in [2.24, 2.45) is 0 Å². The number of methoxy groups -OCH3 is 3. The lowest BCUT2D eigenvalue weighted by atomic mass is 9.95. The van der Waals surface area contributed by atoms with Crippen molar-refractivity contribution in [3.63, 3.8) is 0 Å². The summed E-state index contributed by atoms with van der Waals surface area (Å²) >= 11 is 0. The van der Waals surface area contributed by atoms with E-state index in [1.165, 1.54) is 0 Å². The van der Waals surface area contributed by atoms with Crippen LogP contribution in [0.4, 0.5) is 0 Å². The molecule has 0 bridgehead atoms. The maximum atomic E-state index is 12.6. The molecule has 25 heavy (non-hydrogen) atoms. The van der Waals surface area contributed by atoms with Crippen molar-refractivity contribution in [3.8, 4) is 17.2 Å². The Bertz CT molecular complexity index is 826. The Balaban J connectivity index is 1.99. The minimum Gasteiger partial charge on any atom is -0.497 e. The van der Waals surface area contributed by atoms with Crippen LogP contribution in [0.1, 0.15) is 21.5 Å². The average Bonchev–Trinajstić information content (AvgIpc) is 2.67. The van der Waals surface area contributed by atoms with Gasteiger partial charge >= 0.3 is 0 Å². The number of ketones is 1. The zero-order valence-electron chi connectivity index (χ0n) is 14.6. The van der Waals surface area contributed by atoms with Gasteiger partial charge in [0, 0.05) is 29.4 Å². The quantitative estimate of drug-likeness (QED) is 0.670. The maximum Gasteiger partial charge on any atom is 0.188 e.